The van der Waals surface area contributed by atoms with Crippen molar-refractivity contribution in [1.82, 2.24) is 0 Å². The second-order valence-electron chi connectivity index (χ2n) is 3.00. The normalized spacial score (nSPS) is 10.2. The first-order valence-electron chi connectivity index (χ1n) is 4.07. The van der Waals surface area contributed by atoms with E-state index in [-0.39, 0.29) is 24.1 Å². The second kappa shape index (κ2) is 4.13. The van der Waals surface area contributed by atoms with E-state index in [0.717, 1.165) is 12.1 Å². The molecule has 0 aliphatic rings. The Bertz CT molecular complexity index is 366. The van der Waals surface area contributed by atoms with Gasteiger partial charge in [-0.1, -0.05) is 0 Å². The monoisotopic (exact) mass is 201 g/mol. The van der Waals surface area contributed by atoms with Gasteiger partial charge in [-0.25, -0.2) is 8.78 Å². The highest BCUT2D eigenvalue weighted by Crippen LogP contribution is 2.14. The largest absolute Gasteiger partial charge is 0.265 e. The standard InChI is InChI=1S/C9H9F2NO2/c1-6-4-9(11)7(5-8(6)10)2-3-12(13)14/h4-5H,2-3H2,1H3. The molecule has 0 aliphatic heterocycles. The highest BCUT2D eigenvalue weighted by molar-refractivity contribution is 5.25. The summed E-state index contributed by atoms with van der Waals surface area (Å²) in [5.74, 6) is -1.13. The molecule has 76 valence electrons. The molecule has 0 bridgehead atoms. The maximum absolute atomic E-state index is 13.1. The van der Waals surface area contributed by atoms with Crippen LogP contribution in [0.2, 0.25) is 0 Å². The van der Waals surface area contributed by atoms with Crippen molar-refractivity contribution in [2.24, 2.45) is 0 Å². The molecule has 0 atom stereocenters. The maximum Gasteiger partial charge on any atom is 0.208 e. The predicted octanol–water partition coefficient (Wildman–Crippen LogP) is 2.09. The lowest BCUT2D eigenvalue weighted by atomic mass is 10.1. The lowest BCUT2D eigenvalue weighted by Crippen LogP contribution is -2.06. The van der Waals surface area contributed by atoms with Crippen molar-refractivity contribution in [2.45, 2.75) is 13.3 Å². The zero-order valence-corrected chi connectivity index (χ0v) is 7.59. The SMILES string of the molecule is Cc1cc(F)c(CC[N+](=O)[O-])cc1F. The molecule has 1 rings (SSSR count). The Morgan fingerprint density at radius 1 is 1.36 bits per heavy atom. The Labute approximate surface area is 79.5 Å². The van der Waals surface area contributed by atoms with Gasteiger partial charge in [0.15, 0.2) is 0 Å². The first kappa shape index (κ1) is 10.6. The Morgan fingerprint density at radius 3 is 2.57 bits per heavy atom. The highest BCUT2D eigenvalue weighted by atomic mass is 19.1. The van der Waals surface area contributed by atoms with Crippen LogP contribution in [-0.2, 0) is 6.42 Å². The summed E-state index contributed by atoms with van der Waals surface area (Å²) >= 11 is 0. The van der Waals surface area contributed by atoms with E-state index in [2.05, 4.69) is 0 Å². The summed E-state index contributed by atoms with van der Waals surface area (Å²) in [6.07, 6.45) is -0.0873. The van der Waals surface area contributed by atoms with Gasteiger partial charge < -0.3 is 0 Å². The van der Waals surface area contributed by atoms with Crippen molar-refractivity contribution in [3.8, 4) is 0 Å². The van der Waals surface area contributed by atoms with E-state index in [1.807, 2.05) is 0 Å². The zero-order valence-electron chi connectivity index (χ0n) is 7.59. The van der Waals surface area contributed by atoms with E-state index < -0.39 is 16.6 Å². The van der Waals surface area contributed by atoms with Crippen LogP contribution in [0.15, 0.2) is 12.1 Å². The van der Waals surface area contributed by atoms with E-state index in [1.165, 1.54) is 6.92 Å². The molecule has 0 radical (unpaired) electrons. The molecule has 3 nitrogen and oxygen atoms in total. The van der Waals surface area contributed by atoms with Gasteiger partial charge in [0, 0.05) is 11.3 Å². The molecule has 0 heterocycles. The molecule has 0 saturated heterocycles. The molecule has 14 heavy (non-hydrogen) atoms. The van der Waals surface area contributed by atoms with Crippen molar-refractivity contribution in [3.05, 3.63) is 45.0 Å². The molecule has 1 aromatic rings. The van der Waals surface area contributed by atoms with Crippen molar-refractivity contribution in [1.29, 1.82) is 0 Å². The first-order chi connectivity index (χ1) is 6.50. The summed E-state index contributed by atoms with van der Waals surface area (Å²) in [6, 6.07) is 2.05. The first-order valence-corrected chi connectivity index (χ1v) is 4.07. The quantitative estimate of drug-likeness (QED) is 0.555. The number of halogens is 2. The molecule has 0 aromatic heterocycles. The van der Waals surface area contributed by atoms with Gasteiger partial charge in [-0.05, 0) is 30.2 Å². The molecule has 1 aromatic carbocycles. The molecule has 0 N–H and O–H groups in total. The van der Waals surface area contributed by atoms with Crippen molar-refractivity contribution >= 4 is 0 Å². The van der Waals surface area contributed by atoms with Crippen LogP contribution in [0.4, 0.5) is 8.78 Å². The van der Waals surface area contributed by atoms with Crippen LogP contribution < -0.4 is 0 Å². The number of hydrogen-bond acceptors (Lipinski definition) is 2. The predicted molar refractivity (Wildman–Crippen MR) is 46.7 cm³/mol. The van der Waals surface area contributed by atoms with Crippen molar-refractivity contribution in [3.63, 3.8) is 0 Å². The smallest absolute Gasteiger partial charge is 0.208 e. The molecular weight excluding hydrogens is 192 g/mol. The Kier molecular flexibility index (Phi) is 3.11. The van der Waals surface area contributed by atoms with Gasteiger partial charge in [0.1, 0.15) is 11.6 Å². The topological polar surface area (TPSA) is 43.1 Å². The summed E-state index contributed by atoms with van der Waals surface area (Å²) < 4.78 is 26.0. The average molecular weight is 201 g/mol. The van der Waals surface area contributed by atoms with Gasteiger partial charge in [-0.2, -0.15) is 0 Å². The van der Waals surface area contributed by atoms with Crippen LogP contribution in [0.3, 0.4) is 0 Å². The van der Waals surface area contributed by atoms with Crippen LogP contribution in [0, 0.1) is 28.7 Å². The third-order valence-corrected chi connectivity index (χ3v) is 1.89. The maximum atomic E-state index is 13.1. The fourth-order valence-corrected chi connectivity index (χ4v) is 1.09. The molecule has 0 saturated carbocycles. The van der Waals surface area contributed by atoms with E-state index in [0.29, 0.717) is 0 Å². The van der Waals surface area contributed by atoms with Crippen molar-refractivity contribution < 1.29 is 13.7 Å². The minimum Gasteiger partial charge on any atom is -0.265 e. The molecule has 0 aliphatic carbocycles. The minimum absolute atomic E-state index is 0.0461. The third kappa shape index (κ3) is 2.48. The van der Waals surface area contributed by atoms with Crippen LogP contribution in [0.1, 0.15) is 11.1 Å². The van der Waals surface area contributed by atoms with Crippen LogP contribution in [0.25, 0.3) is 0 Å². The Morgan fingerprint density at radius 2 is 2.00 bits per heavy atom. The number of rotatable bonds is 3. The Balaban J connectivity index is 2.87. The lowest BCUT2D eigenvalue weighted by Gasteiger charge is -2.02. The minimum atomic E-state index is -0.592. The molecule has 0 unspecified atom stereocenters. The van der Waals surface area contributed by atoms with E-state index in [1.54, 1.807) is 0 Å². The highest BCUT2D eigenvalue weighted by Gasteiger charge is 2.09. The average Bonchev–Trinajstić information content (AvgIpc) is 2.09. The summed E-state index contributed by atoms with van der Waals surface area (Å²) in [4.78, 5) is 9.47. The molecule has 0 spiro atoms. The van der Waals surface area contributed by atoms with E-state index in [4.69, 9.17) is 0 Å². The van der Waals surface area contributed by atoms with Gasteiger partial charge in [-0.3, -0.25) is 10.1 Å². The van der Waals surface area contributed by atoms with Crippen LogP contribution >= 0.6 is 0 Å². The molecule has 5 heteroatoms. The van der Waals surface area contributed by atoms with Crippen molar-refractivity contribution in [2.75, 3.05) is 6.54 Å². The number of hydrogen-bond donors (Lipinski definition) is 0. The summed E-state index contributed by atoms with van der Waals surface area (Å²) in [6.45, 7) is 1.05. The number of benzene rings is 1. The fraction of sp³-hybridized carbons (Fsp3) is 0.333. The molecule has 0 amide bonds. The summed E-state index contributed by atoms with van der Waals surface area (Å²) in [5, 5.41) is 10.0. The summed E-state index contributed by atoms with van der Waals surface area (Å²) in [5.41, 5.74) is 0.247. The second-order valence-corrected chi connectivity index (χ2v) is 3.00. The number of nitro groups is 1. The lowest BCUT2D eigenvalue weighted by molar-refractivity contribution is -0.479. The summed E-state index contributed by atoms with van der Waals surface area (Å²) in [7, 11) is 0. The van der Waals surface area contributed by atoms with Gasteiger partial charge in [0.05, 0.1) is 0 Å². The fourth-order valence-electron chi connectivity index (χ4n) is 1.09. The number of aryl methyl sites for hydroxylation is 1. The zero-order chi connectivity index (χ0) is 10.7. The molecular formula is C9H9F2NO2. The Hall–Kier alpha value is -1.52. The van der Waals surface area contributed by atoms with Crippen LogP contribution in [-0.4, -0.2) is 11.5 Å². The number of nitrogens with zero attached hydrogens (tertiary/aromatic N) is 1. The molecule has 0 fully saturated rings. The van der Waals surface area contributed by atoms with Gasteiger partial charge in [0.2, 0.25) is 6.54 Å². The van der Waals surface area contributed by atoms with E-state index >= 15 is 0 Å². The van der Waals surface area contributed by atoms with Gasteiger partial charge in [-0.15, -0.1) is 0 Å². The third-order valence-electron chi connectivity index (χ3n) is 1.89. The van der Waals surface area contributed by atoms with Gasteiger partial charge >= 0.3 is 0 Å². The van der Waals surface area contributed by atoms with Gasteiger partial charge in [0.25, 0.3) is 0 Å². The van der Waals surface area contributed by atoms with Crippen LogP contribution in [0.5, 0.6) is 0 Å². The van der Waals surface area contributed by atoms with E-state index in [9.17, 15) is 18.9 Å².